The molecule has 0 radical (unpaired) electrons. The van der Waals surface area contributed by atoms with Crippen LogP contribution in [0.3, 0.4) is 0 Å². The average molecular weight is 429 g/mol. The molecule has 1 N–H and O–H groups in total. The maximum Gasteiger partial charge on any atom is 0.335 e. The lowest BCUT2D eigenvalue weighted by Crippen LogP contribution is -1.95. The lowest BCUT2D eigenvalue weighted by Gasteiger charge is -2.03. The minimum Gasteiger partial charge on any atom is -0.478 e. The molecular formula is C20H10Cl2N2O5. The van der Waals surface area contributed by atoms with Crippen molar-refractivity contribution in [1.29, 1.82) is 5.26 Å². The van der Waals surface area contributed by atoms with E-state index >= 15 is 0 Å². The van der Waals surface area contributed by atoms with E-state index in [-0.39, 0.29) is 38.2 Å². The van der Waals surface area contributed by atoms with E-state index in [2.05, 4.69) is 0 Å². The van der Waals surface area contributed by atoms with Crippen LogP contribution in [0.2, 0.25) is 10.0 Å². The van der Waals surface area contributed by atoms with Gasteiger partial charge in [-0.05, 0) is 42.0 Å². The fraction of sp³-hybridized carbons (Fsp3) is 0. The van der Waals surface area contributed by atoms with Gasteiger partial charge >= 0.3 is 5.97 Å². The number of allylic oxidation sites excluding steroid dienone is 1. The molecule has 0 saturated heterocycles. The molecule has 3 aromatic rings. The molecule has 0 spiro atoms. The molecule has 0 unspecified atom stereocenters. The smallest absolute Gasteiger partial charge is 0.335 e. The van der Waals surface area contributed by atoms with Gasteiger partial charge in [-0.1, -0.05) is 35.3 Å². The molecule has 3 rings (SSSR count). The van der Waals surface area contributed by atoms with E-state index in [4.69, 9.17) is 32.7 Å². The molecule has 0 fully saturated rings. The fourth-order valence-electron chi connectivity index (χ4n) is 2.56. The molecule has 0 saturated carbocycles. The molecule has 9 heteroatoms. The number of carbonyl (C=O) groups is 1. The Morgan fingerprint density at radius 1 is 1.10 bits per heavy atom. The van der Waals surface area contributed by atoms with Crippen LogP contribution in [0, 0.1) is 21.4 Å². The first-order chi connectivity index (χ1) is 13.8. The van der Waals surface area contributed by atoms with Gasteiger partial charge in [-0.3, -0.25) is 10.1 Å². The number of benzene rings is 2. The van der Waals surface area contributed by atoms with Crippen LogP contribution < -0.4 is 0 Å². The number of carboxylic acids is 1. The van der Waals surface area contributed by atoms with Gasteiger partial charge in [0.15, 0.2) is 0 Å². The van der Waals surface area contributed by atoms with Gasteiger partial charge in [0.25, 0.3) is 5.69 Å². The second kappa shape index (κ2) is 8.19. The number of nitro benzene ring substituents is 1. The van der Waals surface area contributed by atoms with Crippen LogP contribution in [-0.2, 0) is 0 Å². The molecule has 1 heterocycles. The molecule has 0 atom stereocenters. The second-order valence-electron chi connectivity index (χ2n) is 5.79. The maximum atomic E-state index is 11.1. The van der Waals surface area contributed by atoms with E-state index in [1.165, 1.54) is 42.5 Å². The van der Waals surface area contributed by atoms with Gasteiger partial charge in [0.05, 0.1) is 27.2 Å². The normalized spacial score (nSPS) is 11.1. The predicted molar refractivity (Wildman–Crippen MR) is 108 cm³/mol. The Kier molecular flexibility index (Phi) is 5.69. The van der Waals surface area contributed by atoms with Gasteiger partial charge in [0, 0.05) is 11.6 Å². The Balaban J connectivity index is 1.97. The molecule has 0 aliphatic heterocycles. The first-order valence-corrected chi connectivity index (χ1v) is 8.75. The Labute approximate surface area is 174 Å². The lowest BCUT2D eigenvalue weighted by molar-refractivity contribution is -0.384. The van der Waals surface area contributed by atoms with Crippen molar-refractivity contribution in [1.82, 2.24) is 0 Å². The maximum absolute atomic E-state index is 11.1. The monoisotopic (exact) mass is 428 g/mol. The number of hydrogen-bond donors (Lipinski definition) is 1. The van der Waals surface area contributed by atoms with Crippen LogP contribution in [-0.4, -0.2) is 16.0 Å². The SMILES string of the molecule is N#C/C(=C/c1ccc(-c2cc([N+](=O)[O-])c(Cl)cc2Cl)o1)c1ccc(C(=O)O)cc1. The van der Waals surface area contributed by atoms with Crippen LogP contribution in [0.1, 0.15) is 21.7 Å². The van der Waals surface area contributed by atoms with E-state index in [0.717, 1.165) is 0 Å². The number of halogens is 2. The van der Waals surface area contributed by atoms with Crippen LogP contribution in [0.15, 0.2) is 52.9 Å². The van der Waals surface area contributed by atoms with Crippen molar-refractivity contribution in [2.45, 2.75) is 0 Å². The highest BCUT2D eigenvalue weighted by Crippen LogP contribution is 2.37. The molecule has 2 aromatic carbocycles. The zero-order valence-corrected chi connectivity index (χ0v) is 15.9. The van der Waals surface area contributed by atoms with Gasteiger partial charge < -0.3 is 9.52 Å². The van der Waals surface area contributed by atoms with E-state index in [9.17, 15) is 20.2 Å². The number of nitro groups is 1. The first-order valence-electron chi connectivity index (χ1n) is 7.99. The molecule has 0 aliphatic rings. The largest absolute Gasteiger partial charge is 0.478 e. The standard InChI is InChI=1S/C20H10Cl2N2O5/c21-16-9-17(22)18(24(27)28)8-15(16)19-6-5-14(29-19)7-13(10-23)11-1-3-12(4-2-11)20(25)26/h1-9H,(H,25,26)/b13-7-. The summed E-state index contributed by atoms with van der Waals surface area (Å²) in [6.45, 7) is 0. The van der Waals surface area contributed by atoms with Crippen molar-refractivity contribution >= 4 is 46.5 Å². The number of aromatic carboxylic acids is 1. The van der Waals surface area contributed by atoms with E-state index < -0.39 is 10.9 Å². The summed E-state index contributed by atoms with van der Waals surface area (Å²) in [5, 5.41) is 29.6. The van der Waals surface area contributed by atoms with E-state index in [1.807, 2.05) is 6.07 Å². The van der Waals surface area contributed by atoms with Gasteiger partial charge in [-0.15, -0.1) is 0 Å². The Bertz CT molecular complexity index is 1190. The predicted octanol–water partition coefficient (Wildman–Crippen LogP) is 5.92. The third-order valence-corrected chi connectivity index (χ3v) is 4.59. The van der Waals surface area contributed by atoms with E-state index in [1.54, 1.807) is 12.1 Å². The summed E-state index contributed by atoms with van der Waals surface area (Å²) in [6.07, 6.45) is 1.47. The third kappa shape index (κ3) is 4.29. The highest BCUT2D eigenvalue weighted by atomic mass is 35.5. The number of nitriles is 1. The number of carboxylic acid groups (broad SMARTS) is 1. The summed E-state index contributed by atoms with van der Waals surface area (Å²) in [4.78, 5) is 21.4. The Morgan fingerprint density at radius 2 is 1.76 bits per heavy atom. The fourth-order valence-corrected chi connectivity index (χ4v) is 3.10. The van der Waals surface area contributed by atoms with Crippen LogP contribution in [0.25, 0.3) is 23.0 Å². The molecular weight excluding hydrogens is 419 g/mol. The topological polar surface area (TPSA) is 117 Å². The number of hydrogen-bond acceptors (Lipinski definition) is 5. The van der Waals surface area contributed by atoms with Crippen molar-refractivity contribution in [3.8, 4) is 17.4 Å². The molecule has 144 valence electrons. The molecule has 29 heavy (non-hydrogen) atoms. The van der Waals surface area contributed by atoms with Gasteiger partial charge in [0.2, 0.25) is 0 Å². The summed E-state index contributed by atoms with van der Waals surface area (Å²) >= 11 is 12.0. The minimum absolute atomic E-state index is 0.0907. The van der Waals surface area contributed by atoms with Gasteiger partial charge in [-0.2, -0.15) is 5.26 Å². The summed E-state index contributed by atoms with van der Waals surface area (Å²) in [7, 11) is 0. The summed E-state index contributed by atoms with van der Waals surface area (Å²) in [5.41, 5.74) is 0.833. The van der Waals surface area contributed by atoms with Crippen molar-refractivity contribution in [2.75, 3.05) is 0 Å². The molecule has 0 aliphatic carbocycles. The molecule has 0 bridgehead atoms. The third-order valence-electron chi connectivity index (χ3n) is 3.98. The van der Waals surface area contributed by atoms with Crippen molar-refractivity contribution in [2.24, 2.45) is 0 Å². The second-order valence-corrected chi connectivity index (χ2v) is 6.61. The van der Waals surface area contributed by atoms with Crippen LogP contribution >= 0.6 is 23.2 Å². The first kappa shape index (κ1) is 20.1. The number of nitrogens with zero attached hydrogens (tertiary/aromatic N) is 2. The van der Waals surface area contributed by atoms with E-state index in [0.29, 0.717) is 11.3 Å². The highest BCUT2D eigenvalue weighted by molar-refractivity contribution is 6.37. The number of furan rings is 1. The van der Waals surface area contributed by atoms with Gasteiger partial charge in [0.1, 0.15) is 16.5 Å². The summed E-state index contributed by atoms with van der Waals surface area (Å²) in [6, 6.07) is 13.5. The van der Waals surface area contributed by atoms with Crippen molar-refractivity contribution in [3.63, 3.8) is 0 Å². The van der Waals surface area contributed by atoms with Crippen molar-refractivity contribution in [3.05, 3.63) is 85.6 Å². The average Bonchev–Trinajstić information content (AvgIpc) is 3.14. The van der Waals surface area contributed by atoms with Crippen LogP contribution in [0.5, 0.6) is 0 Å². The van der Waals surface area contributed by atoms with Gasteiger partial charge in [-0.25, -0.2) is 4.79 Å². The minimum atomic E-state index is -1.07. The zero-order valence-electron chi connectivity index (χ0n) is 14.4. The van der Waals surface area contributed by atoms with Crippen molar-refractivity contribution < 1.29 is 19.2 Å². The molecule has 1 aromatic heterocycles. The lowest BCUT2D eigenvalue weighted by atomic mass is 10.0. The quantitative estimate of drug-likeness (QED) is 0.305. The summed E-state index contributed by atoms with van der Waals surface area (Å²) in [5.74, 6) is -0.490. The Hall–Kier alpha value is -3.60. The summed E-state index contributed by atoms with van der Waals surface area (Å²) < 4.78 is 5.67. The number of rotatable bonds is 5. The van der Waals surface area contributed by atoms with Crippen LogP contribution in [0.4, 0.5) is 5.69 Å². The zero-order chi connectivity index (χ0) is 21.1. The highest BCUT2D eigenvalue weighted by Gasteiger charge is 2.19. The molecule has 7 nitrogen and oxygen atoms in total. The molecule has 0 amide bonds. The Morgan fingerprint density at radius 3 is 2.34 bits per heavy atom.